The number of benzene rings is 3. The SMILES string of the molecule is CN1C(=C2SC(=NCCc3ccccc3)N(c3ccc(F)cc3)C2=O)Sc2ccccc21. The van der Waals surface area contributed by atoms with E-state index in [-0.39, 0.29) is 11.7 Å². The highest BCUT2D eigenvalue weighted by Gasteiger charge is 2.39. The highest BCUT2D eigenvalue weighted by Crippen LogP contribution is 2.50. The molecule has 1 fully saturated rings. The Morgan fingerprint density at radius 3 is 2.38 bits per heavy atom. The van der Waals surface area contributed by atoms with Crippen molar-refractivity contribution in [3.05, 3.63) is 100 Å². The summed E-state index contributed by atoms with van der Waals surface area (Å²) in [5, 5.41) is 1.51. The van der Waals surface area contributed by atoms with Gasteiger partial charge in [0, 0.05) is 18.5 Å². The maximum atomic E-state index is 13.6. The first-order valence-corrected chi connectivity index (χ1v) is 11.9. The topological polar surface area (TPSA) is 35.9 Å². The maximum absolute atomic E-state index is 13.6. The molecule has 0 N–H and O–H groups in total. The summed E-state index contributed by atoms with van der Waals surface area (Å²) < 4.78 is 13.5. The predicted molar refractivity (Wildman–Crippen MR) is 132 cm³/mol. The van der Waals surface area contributed by atoms with Crippen LogP contribution in [0.1, 0.15) is 5.56 Å². The number of amides is 1. The van der Waals surface area contributed by atoms with Crippen LogP contribution in [0.25, 0.3) is 0 Å². The summed E-state index contributed by atoms with van der Waals surface area (Å²) in [5.74, 6) is -0.474. The second-order valence-corrected chi connectivity index (χ2v) is 9.39. The molecule has 2 heterocycles. The fourth-order valence-corrected chi connectivity index (χ4v) is 6.00. The van der Waals surface area contributed by atoms with Crippen LogP contribution in [0, 0.1) is 5.82 Å². The molecule has 3 aromatic rings. The van der Waals surface area contributed by atoms with Crippen LogP contribution < -0.4 is 9.80 Å². The zero-order valence-corrected chi connectivity index (χ0v) is 19.0. The van der Waals surface area contributed by atoms with Crippen molar-refractivity contribution in [1.29, 1.82) is 0 Å². The quantitative estimate of drug-likeness (QED) is 0.452. The number of nitrogens with zero attached hydrogens (tertiary/aromatic N) is 3. The Morgan fingerprint density at radius 2 is 1.62 bits per heavy atom. The average molecular weight is 462 g/mol. The van der Waals surface area contributed by atoms with Crippen LogP contribution in [0.3, 0.4) is 0 Å². The summed E-state index contributed by atoms with van der Waals surface area (Å²) in [5.41, 5.74) is 2.89. The molecule has 1 amide bonds. The van der Waals surface area contributed by atoms with Crippen LogP contribution in [-0.4, -0.2) is 24.7 Å². The Hall–Kier alpha value is -3.03. The third-order valence-electron chi connectivity index (χ3n) is 5.29. The van der Waals surface area contributed by atoms with Gasteiger partial charge in [-0.05, 0) is 60.1 Å². The smallest absolute Gasteiger partial charge is 0.274 e. The maximum Gasteiger partial charge on any atom is 0.274 e. The van der Waals surface area contributed by atoms with Crippen molar-refractivity contribution >= 4 is 46.0 Å². The molecule has 0 aromatic heterocycles. The number of amidine groups is 1. The van der Waals surface area contributed by atoms with Gasteiger partial charge in [-0.3, -0.25) is 14.7 Å². The summed E-state index contributed by atoms with van der Waals surface area (Å²) >= 11 is 2.97. The molecule has 1 saturated heterocycles. The highest BCUT2D eigenvalue weighted by atomic mass is 32.2. The molecule has 2 aliphatic rings. The third kappa shape index (κ3) is 3.94. The van der Waals surface area contributed by atoms with Crippen molar-refractivity contribution in [3.63, 3.8) is 0 Å². The number of hydrogen-bond donors (Lipinski definition) is 0. The number of anilines is 2. The minimum atomic E-state index is -0.337. The highest BCUT2D eigenvalue weighted by molar-refractivity contribution is 8.20. The van der Waals surface area contributed by atoms with Crippen LogP contribution in [0.2, 0.25) is 0 Å². The summed E-state index contributed by atoms with van der Waals surface area (Å²) in [6, 6.07) is 24.2. The van der Waals surface area contributed by atoms with E-state index in [1.54, 1.807) is 28.8 Å². The van der Waals surface area contributed by atoms with Crippen molar-refractivity contribution in [2.45, 2.75) is 11.3 Å². The molecule has 0 aliphatic carbocycles. The van der Waals surface area contributed by atoms with E-state index < -0.39 is 0 Å². The lowest BCUT2D eigenvalue weighted by Crippen LogP contribution is -2.29. The summed E-state index contributed by atoms with van der Waals surface area (Å²) in [6.45, 7) is 0.559. The summed E-state index contributed by atoms with van der Waals surface area (Å²) in [6.07, 6.45) is 0.780. The zero-order valence-electron chi connectivity index (χ0n) is 17.4. The first-order valence-electron chi connectivity index (χ1n) is 10.2. The largest absolute Gasteiger partial charge is 0.337 e. The minimum Gasteiger partial charge on any atom is -0.337 e. The zero-order chi connectivity index (χ0) is 22.1. The van der Waals surface area contributed by atoms with Gasteiger partial charge in [-0.1, -0.05) is 54.2 Å². The van der Waals surface area contributed by atoms with Gasteiger partial charge in [0.2, 0.25) is 0 Å². The Balaban J connectivity index is 1.49. The molecular weight excluding hydrogens is 441 g/mol. The van der Waals surface area contributed by atoms with Gasteiger partial charge < -0.3 is 4.90 Å². The van der Waals surface area contributed by atoms with Crippen LogP contribution in [-0.2, 0) is 11.2 Å². The van der Waals surface area contributed by atoms with Crippen molar-refractivity contribution in [2.75, 3.05) is 23.4 Å². The van der Waals surface area contributed by atoms with Crippen molar-refractivity contribution in [1.82, 2.24) is 0 Å². The van der Waals surface area contributed by atoms with Crippen LogP contribution >= 0.6 is 23.5 Å². The first-order chi connectivity index (χ1) is 15.6. The molecular formula is C25H20FN3OS2. The molecule has 32 heavy (non-hydrogen) atoms. The molecule has 5 rings (SSSR count). The molecule has 7 heteroatoms. The van der Waals surface area contributed by atoms with E-state index in [2.05, 4.69) is 23.1 Å². The Morgan fingerprint density at radius 1 is 0.906 bits per heavy atom. The van der Waals surface area contributed by atoms with Gasteiger partial charge in [-0.25, -0.2) is 4.39 Å². The lowest BCUT2D eigenvalue weighted by molar-refractivity contribution is -0.113. The number of halogens is 1. The summed E-state index contributed by atoms with van der Waals surface area (Å²) in [4.78, 5) is 23.7. The van der Waals surface area contributed by atoms with Gasteiger partial charge >= 0.3 is 0 Å². The Bertz CT molecular complexity index is 1230. The van der Waals surface area contributed by atoms with Crippen LogP contribution in [0.4, 0.5) is 15.8 Å². The molecule has 0 bridgehead atoms. The van der Waals surface area contributed by atoms with Gasteiger partial charge in [0.1, 0.15) is 10.7 Å². The predicted octanol–water partition coefficient (Wildman–Crippen LogP) is 5.92. The van der Waals surface area contributed by atoms with Gasteiger partial charge in [-0.15, -0.1) is 0 Å². The van der Waals surface area contributed by atoms with Crippen molar-refractivity contribution in [3.8, 4) is 0 Å². The normalized spacial score (nSPS) is 19.2. The molecule has 160 valence electrons. The summed E-state index contributed by atoms with van der Waals surface area (Å²) in [7, 11) is 1.97. The molecule has 0 saturated carbocycles. The molecule has 0 radical (unpaired) electrons. The van der Waals surface area contributed by atoms with E-state index in [1.807, 2.05) is 43.4 Å². The monoisotopic (exact) mass is 461 g/mol. The van der Waals surface area contributed by atoms with E-state index in [4.69, 9.17) is 4.99 Å². The lowest BCUT2D eigenvalue weighted by Gasteiger charge is -2.16. The fraction of sp³-hybridized carbons (Fsp3) is 0.120. The van der Waals surface area contributed by atoms with E-state index >= 15 is 0 Å². The van der Waals surface area contributed by atoms with Gasteiger partial charge in [0.15, 0.2) is 5.17 Å². The molecule has 4 nitrogen and oxygen atoms in total. The molecule has 0 atom stereocenters. The Kier molecular flexibility index (Phi) is 5.76. The lowest BCUT2D eigenvalue weighted by atomic mass is 10.2. The van der Waals surface area contributed by atoms with E-state index in [0.29, 0.717) is 22.3 Å². The number of hydrogen-bond acceptors (Lipinski definition) is 5. The van der Waals surface area contributed by atoms with Crippen molar-refractivity contribution in [2.24, 2.45) is 4.99 Å². The number of fused-ring (bicyclic) bond motifs is 1. The molecule has 0 unspecified atom stereocenters. The van der Waals surface area contributed by atoms with E-state index in [9.17, 15) is 9.18 Å². The van der Waals surface area contributed by atoms with Crippen LogP contribution in [0.15, 0.2) is 98.7 Å². The minimum absolute atomic E-state index is 0.137. The van der Waals surface area contributed by atoms with Gasteiger partial charge in [0.25, 0.3) is 5.91 Å². The first kappa shape index (κ1) is 20.8. The average Bonchev–Trinajstić information content (AvgIpc) is 3.32. The van der Waals surface area contributed by atoms with Gasteiger partial charge in [0.05, 0.1) is 16.4 Å². The molecule has 3 aromatic carbocycles. The van der Waals surface area contributed by atoms with E-state index in [1.165, 1.54) is 29.5 Å². The number of rotatable bonds is 4. The second kappa shape index (κ2) is 8.84. The Labute approximate surface area is 194 Å². The standard InChI is InChI=1S/C25H20FN3OS2/c1-28-20-9-5-6-10-21(20)31-24(28)22-23(30)29(19-13-11-18(26)12-14-19)25(32-22)27-16-15-17-7-3-2-4-8-17/h2-14H,15-16H2,1H3. The number of aliphatic imine (C=N–C) groups is 1. The number of carbonyl (C=O) groups is 1. The van der Waals surface area contributed by atoms with E-state index in [0.717, 1.165) is 22.0 Å². The van der Waals surface area contributed by atoms with Crippen molar-refractivity contribution < 1.29 is 9.18 Å². The number of carbonyl (C=O) groups excluding carboxylic acids is 1. The molecule has 0 spiro atoms. The fourth-order valence-electron chi connectivity index (χ4n) is 3.65. The third-order valence-corrected chi connectivity index (χ3v) is 7.72. The molecule has 2 aliphatic heterocycles. The number of thioether (sulfide) groups is 2. The van der Waals surface area contributed by atoms with Gasteiger partial charge in [-0.2, -0.15) is 0 Å². The second-order valence-electron chi connectivity index (χ2n) is 7.38. The van der Waals surface area contributed by atoms with Crippen LogP contribution in [0.5, 0.6) is 0 Å². The number of para-hydroxylation sites is 1.